The Balaban J connectivity index is 2.21. The summed E-state index contributed by atoms with van der Waals surface area (Å²) in [5.74, 6) is 0.495. The zero-order valence-electron chi connectivity index (χ0n) is 15.1. The third-order valence-corrected chi connectivity index (χ3v) is 4.29. The van der Waals surface area contributed by atoms with Gasteiger partial charge in [-0.25, -0.2) is 8.42 Å². The summed E-state index contributed by atoms with van der Waals surface area (Å²) in [6, 6.07) is 11.6. The predicted octanol–water partition coefficient (Wildman–Crippen LogP) is 2.57. The summed E-state index contributed by atoms with van der Waals surface area (Å²) in [6.45, 7) is 1.81. The van der Waals surface area contributed by atoms with Crippen molar-refractivity contribution >= 4 is 21.6 Å². The van der Waals surface area contributed by atoms with Gasteiger partial charge >= 0.3 is 0 Å². The number of nitrogens with one attached hydrogen (secondary N) is 2. The smallest absolute Gasteiger partial charge is 0.255 e. The lowest BCUT2D eigenvalue weighted by atomic mass is 10.1. The molecule has 26 heavy (non-hydrogen) atoms. The van der Waals surface area contributed by atoms with Gasteiger partial charge in [0.05, 0.1) is 32.1 Å². The highest BCUT2D eigenvalue weighted by atomic mass is 32.2. The molecule has 0 fully saturated rings. The molecule has 8 heteroatoms. The van der Waals surface area contributed by atoms with Gasteiger partial charge in [-0.1, -0.05) is 18.2 Å². The second-order valence-corrected chi connectivity index (χ2v) is 7.48. The van der Waals surface area contributed by atoms with E-state index in [1.54, 1.807) is 42.5 Å². The van der Waals surface area contributed by atoms with Gasteiger partial charge in [0.2, 0.25) is 10.0 Å². The maximum atomic E-state index is 12.6. The number of anilines is 1. The minimum atomic E-state index is -3.37. The van der Waals surface area contributed by atoms with Crippen LogP contribution in [-0.2, 0) is 10.0 Å². The van der Waals surface area contributed by atoms with E-state index in [0.29, 0.717) is 22.7 Å². The Hall–Kier alpha value is -2.74. The van der Waals surface area contributed by atoms with Crippen molar-refractivity contribution in [3.63, 3.8) is 0 Å². The van der Waals surface area contributed by atoms with E-state index in [1.807, 2.05) is 6.92 Å². The molecule has 0 saturated heterocycles. The molecule has 0 bridgehead atoms. The van der Waals surface area contributed by atoms with Crippen LogP contribution in [0.5, 0.6) is 11.5 Å². The van der Waals surface area contributed by atoms with Gasteiger partial charge in [-0.3, -0.25) is 9.52 Å². The molecule has 2 aromatic carbocycles. The maximum absolute atomic E-state index is 12.6. The molecule has 0 aliphatic rings. The Kier molecular flexibility index (Phi) is 6.10. The summed E-state index contributed by atoms with van der Waals surface area (Å²) in [5.41, 5.74) is 1.54. The monoisotopic (exact) mass is 378 g/mol. The lowest BCUT2D eigenvalue weighted by Gasteiger charge is -2.17. The summed E-state index contributed by atoms with van der Waals surface area (Å²) < 4.78 is 35.7. The molecule has 0 saturated carbocycles. The number of para-hydroxylation sites is 1. The molecule has 0 aromatic heterocycles. The van der Waals surface area contributed by atoms with Gasteiger partial charge in [-0.15, -0.1) is 0 Å². The van der Waals surface area contributed by atoms with Gasteiger partial charge in [0.15, 0.2) is 11.5 Å². The molecule has 2 N–H and O–H groups in total. The summed E-state index contributed by atoms with van der Waals surface area (Å²) in [7, 11) is -0.397. The maximum Gasteiger partial charge on any atom is 0.255 e. The Morgan fingerprint density at radius 3 is 2.38 bits per heavy atom. The van der Waals surface area contributed by atoms with E-state index in [4.69, 9.17) is 9.47 Å². The number of rotatable bonds is 7. The van der Waals surface area contributed by atoms with Crippen molar-refractivity contribution in [2.45, 2.75) is 13.0 Å². The van der Waals surface area contributed by atoms with Crippen LogP contribution in [0.3, 0.4) is 0 Å². The number of sulfonamides is 1. The Morgan fingerprint density at radius 1 is 1.08 bits per heavy atom. The largest absolute Gasteiger partial charge is 0.493 e. The first kappa shape index (κ1) is 19.6. The molecule has 2 rings (SSSR count). The molecule has 1 atom stereocenters. The van der Waals surface area contributed by atoms with E-state index in [1.165, 1.54) is 14.2 Å². The molecule has 1 unspecified atom stereocenters. The zero-order chi connectivity index (χ0) is 19.3. The summed E-state index contributed by atoms with van der Waals surface area (Å²) in [6.07, 6.45) is 1.08. The molecule has 0 aliphatic carbocycles. The fourth-order valence-corrected chi connectivity index (χ4v) is 3.06. The molecule has 0 spiro atoms. The molecule has 140 valence electrons. The average molecular weight is 378 g/mol. The minimum Gasteiger partial charge on any atom is -0.493 e. The van der Waals surface area contributed by atoms with Crippen LogP contribution >= 0.6 is 0 Å². The number of hydrogen-bond donors (Lipinski definition) is 2. The third-order valence-electron chi connectivity index (χ3n) is 3.69. The average Bonchev–Trinajstić information content (AvgIpc) is 2.59. The normalized spacial score (nSPS) is 12.2. The molecule has 1 amide bonds. The standard InChI is InChI=1S/C18H22N2O5S/c1-12(13-7-5-8-14(11-13)20-26(4,22)23)19-18(21)15-9-6-10-16(24-2)17(15)25-3/h5-12,20H,1-4H3,(H,19,21). The molecular weight excluding hydrogens is 356 g/mol. The van der Waals surface area contributed by atoms with Crippen molar-refractivity contribution in [1.82, 2.24) is 5.32 Å². The van der Waals surface area contributed by atoms with Crippen molar-refractivity contribution < 1.29 is 22.7 Å². The number of ether oxygens (including phenoxy) is 2. The van der Waals surface area contributed by atoms with Gasteiger partial charge in [0.1, 0.15) is 0 Å². The predicted molar refractivity (Wildman–Crippen MR) is 100 cm³/mol. The minimum absolute atomic E-state index is 0.324. The van der Waals surface area contributed by atoms with Crippen LogP contribution < -0.4 is 19.5 Å². The van der Waals surface area contributed by atoms with Crippen molar-refractivity contribution in [1.29, 1.82) is 0 Å². The highest BCUT2D eigenvalue weighted by molar-refractivity contribution is 7.92. The second-order valence-electron chi connectivity index (χ2n) is 5.74. The summed E-state index contributed by atoms with van der Waals surface area (Å²) in [4.78, 5) is 12.6. The molecule has 2 aromatic rings. The van der Waals surface area contributed by atoms with Crippen LogP contribution in [0.2, 0.25) is 0 Å². The SMILES string of the molecule is COc1cccc(C(=O)NC(C)c2cccc(NS(C)(=O)=O)c2)c1OC. The number of carbonyl (C=O) groups is 1. The van der Waals surface area contributed by atoms with Gasteiger partial charge in [-0.2, -0.15) is 0 Å². The van der Waals surface area contributed by atoms with Crippen molar-refractivity contribution in [3.05, 3.63) is 53.6 Å². The Labute approximate surface area is 153 Å². The van der Waals surface area contributed by atoms with Crippen LogP contribution in [0.15, 0.2) is 42.5 Å². The molecule has 0 aliphatic heterocycles. The van der Waals surface area contributed by atoms with E-state index in [2.05, 4.69) is 10.0 Å². The molecule has 7 nitrogen and oxygen atoms in total. The quantitative estimate of drug-likeness (QED) is 0.772. The lowest BCUT2D eigenvalue weighted by molar-refractivity contribution is 0.0936. The molecule has 0 radical (unpaired) electrons. The van der Waals surface area contributed by atoms with E-state index >= 15 is 0 Å². The number of carbonyl (C=O) groups excluding carboxylic acids is 1. The van der Waals surface area contributed by atoms with Crippen molar-refractivity contribution in [3.8, 4) is 11.5 Å². The Bertz CT molecular complexity index is 896. The first-order chi connectivity index (χ1) is 12.2. The Morgan fingerprint density at radius 2 is 1.77 bits per heavy atom. The second kappa shape index (κ2) is 8.09. The molecule has 0 heterocycles. The fourth-order valence-electron chi connectivity index (χ4n) is 2.51. The third kappa shape index (κ3) is 4.89. The lowest BCUT2D eigenvalue weighted by Crippen LogP contribution is -2.27. The van der Waals surface area contributed by atoms with Gasteiger partial charge in [0, 0.05) is 5.69 Å². The van der Waals surface area contributed by atoms with Crippen molar-refractivity contribution in [2.75, 3.05) is 25.2 Å². The zero-order valence-corrected chi connectivity index (χ0v) is 15.9. The summed E-state index contributed by atoms with van der Waals surface area (Å²) in [5, 5.41) is 2.88. The highest BCUT2D eigenvalue weighted by Gasteiger charge is 2.18. The van der Waals surface area contributed by atoms with E-state index in [0.717, 1.165) is 11.8 Å². The summed E-state index contributed by atoms with van der Waals surface area (Å²) >= 11 is 0. The van der Waals surface area contributed by atoms with Crippen LogP contribution in [-0.4, -0.2) is 34.8 Å². The van der Waals surface area contributed by atoms with Crippen molar-refractivity contribution in [2.24, 2.45) is 0 Å². The van der Waals surface area contributed by atoms with Crippen LogP contribution in [0, 0.1) is 0 Å². The van der Waals surface area contributed by atoms with Gasteiger partial charge < -0.3 is 14.8 Å². The number of methoxy groups -OCH3 is 2. The highest BCUT2D eigenvalue weighted by Crippen LogP contribution is 2.31. The fraction of sp³-hybridized carbons (Fsp3) is 0.278. The number of amides is 1. The van der Waals surface area contributed by atoms with Gasteiger partial charge in [0.25, 0.3) is 5.91 Å². The first-order valence-corrected chi connectivity index (χ1v) is 9.74. The number of hydrogen-bond acceptors (Lipinski definition) is 5. The molecular formula is C18H22N2O5S. The first-order valence-electron chi connectivity index (χ1n) is 7.84. The van der Waals surface area contributed by atoms with E-state index in [-0.39, 0.29) is 11.9 Å². The van der Waals surface area contributed by atoms with Crippen LogP contribution in [0.25, 0.3) is 0 Å². The van der Waals surface area contributed by atoms with Crippen LogP contribution in [0.1, 0.15) is 28.9 Å². The van der Waals surface area contributed by atoms with E-state index < -0.39 is 10.0 Å². The number of benzene rings is 2. The topological polar surface area (TPSA) is 93.7 Å². The van der Waals surface area contributed by atoms with E-state index in [9.17, 15) is 13.2 Å². The van der Waals surface area contributed by atoms with Gasteiger partial charge in [-0.05, 0) is 36.8 Å². The van der Waals surface area contributed by atoms with Crippen LogP contribution in [0.4, 0.5) is 5.69 Å².